The maximum absolute atomic E-state index is 15.2. The summed E-state index contributed by atoms with van der Waals surface area (Å²) in [6.07, 6.45) is -6.48. The highest BCUT2D eigenvalue weighted by molar-refractivity contribution is 5.96. The van der Waals surface area contributed by atoms with Crippen LogP contribution in [0.4, 0.5) is 0 Å². The van der Waals surface area contributed by atoms with Gasteiger partial charge in [-0.1, -0.05) is 80.6 Å². The molecule has 7 rings (SSSR count). The SMILES string of the molecule is CC(=O)O[C@H]1C(=O)[C@@]2(C)C(C3CO[C@@H]3C[C@@H]2O)C(OC(=O)c2ccccc2)[C@]2(O)C[C@H](OC(=O)C[C@@H](NC(=O)c3ccccc3)c3ccccc3)C(C)=C1C2(C)C. The van der Waals surface area contributed by atoms with Gasteiger partial charge in [0.2, 0.25) is 0 Å². The van der Waals surface area contributed by atoms with Gasteiger partial charge in [0.15, 0.2) is 11.9 Å². The standard InChI is InChI=1S/C45H49NO11/c1-25-33(56-35(49)21-31(27-15-9-6-10-16-27)46-41(51)28-17-11-7-12-18-28)23-45(53)40(57-42(52)29-19-13-8-14-20-29)37-30-24-54-32(30)22-34(48)44(37,5)39(50)38(55-26(2)47)36(25)43(45,3)4/h6-20,30-34,37-38,40,48,53H,21-24H2,1-5H3,(H,46,51)/t30?,31-,32-,33+,34+,37?,38-,40?,44-,45-/m1/s1. The van der Waals surface area contributed by atoms with Crippen LogP contribution in [0.15, 0.2) is 102 Å². The average molecular weight is 780 g/mol. The molecule has 10 atom stereocenters. The second kappa shape index (κ2) is 15.3. The van der Waals surface area contributed by atoms with Gasteiger partial charge in [-0.3, -0.25) is 19.2 Å². The molecule has 3 aliphatic carbocycles. The normalized spacial score (nSPS) is 31.8. The van der Waals surface area contributed by atoms with E-state index in [1.54, 1.807) is 113 Å². The van der Waals surface area contributed by atoms with Gasteiger partial charge in [0.1, 0.15) is 17.8 Å². The molecule has 2 bridgehead atoms. The van der Waals surface area contributed by atoms with Crippen molar-refractivity contribution in [2.45, 2.75) is 96.0 Å². The van der Waals surface area contributed by atoms with Gasteiger partial charge in [-0.15, -0.1) is 0 Å². The number of carbonyl (C=O) groups is 5. The third-order valence-corrected chi connectivity index (χ3v) is 13.0. The molecule has 57 heavy (non-hydrogen) atoms. The molecule has 3 unspecified atom stereocenters. The van der Waals surface area contributed by atoms with Crippen molar-refractivity contribution in [1.82, 2.24) is 5.32 Å². The van der Waals surface area contributed by atoms with Crippen LogP contribution >= 0.6 is 0 Å². The summed E-state index contributed by atoms with van der Waals surface area (Å²) in [5, 5.41) is 28.3. The number of esters is 3. The number of Topliss-reactive ketones (excluding diaryl/α,β-unsaturated/α-hetero) is 1. The molecule has 300 valence electrons. The molecule has 0 radical (unpaired) electrons. The number of nitrogens with one attached hydrogen (secondary N) is 1. The molecule has 12 heteroatoms. The Hall–Kier alpha value is -5.17. The van der Waals surface area contributed by atoms with Gasteiger partial charge < -0.3 is 34.5 Å². The smallest absolute Gasteiger partial charge is 0.338 e. The summed E-state index contributed by atoms with van der Waals surface area (Å²) in [6, 6.07) is 25.0. The Morgan fingerprint density at radius 1 is 0.877 bits per heavy atom. The molecule has 3 aromatic carbocycles. The highest BCUT2D eigenvalue weighted by Gasteiger charge is 2.72. The minimum absolute atomic E-state index is 0.110. The Morgan fingerprint density at radius 2 is 1.47 bits per heavy atom. The van der Waals surface area contributed by atoms with Crippen molar-refractivity contribution in [2.75, 3.05) is 6.61 Å². The van der Waals surface area contributed by atoms with Crippen molar-refractivity contribution >= 4 is 29.6 Å². The lowest BCUT2D eigenvalue weighted by molar-refractivity contribution is -0.277. The fourth-order valence-corrected chi connectivity index (χ4v) is 9.71. The molecule has 3 aromatic rings. The number of aliphatic hydroxyl groups excluding tert-OH is 1. The van der Waals surface area contributed by atoms with Crippen molar-refractivity contribution in [3.05, 3.63) is 119 Å². The van der Waals surface area contributed by atoms with E-state index in [0.29, 0.717) is 16.7 Å². The zero-order valence-electron chi connectivity index (χ0n) is 32.7. The topological polar surface area (TPSA) is 175 Å². The molecule has 2 saturated carbocycles. The third-order valence-electron chi connectivity index (χ3n) is 13.0. The number of carbonyl (C=O) groups excluding carboxylic acids is 5. The first-order chi connectivity index (χ1) is 27.1. The number of hydrogen-bond acceptors (Lipinski definition) is 11. The summed E-state index contributed by atoms with van der Waals surface area (Å²) in [7, 11) is 0. The minimum atomic E-state index is -2.07. The Morgan fingerprint density at radius 3 is 2.05 bits per heavy atom. The summed E-state index contributed by atoms with van der Waals surface area (Å²) >= 11 is 0. The van der Waals surface area contributed by atoms with E-state index >= 15 is 4.79 Å². The van der Waals surface area contributed by atoms with Gasteiger partial charge in [0.05, 0.1) is 42.3 Å². The first-order valence-corrected chi connectivity index (χ1v) is 19.4. The molecule has 3 N–H and O–H groups in total. The van der Waals surface area contributed by atoms with E-state index in [1.807, 2.05) is 6.07 Å². The number of benzene rings is 3. The predicted molar refractivity (Wildman–Crippen MR) is 205 cm³/mol. The summed E-state index contributed by atoms with van der Waals surface area (Å²) in [5.74, 6) is -4.69. The van der Waals surface area contributed by atoms with Crippen LogP contribution in [-0.4, -0.2) is 82.5 Å². The van der Waals surface area contributed by atoms with Gasteiger partial charge in [-0.2, -0.15) is 0 Å². The van der Waals surface area contributed by atoms with E-state index in [1.165, 1.54) is 6.92 Å². The fourth-order valence-electron chi connectivity index (χ4n) is 9.71. The number of ketones is 1. The van der Waals surface area contributed by atoms with Crippen LogP contribution in [0.3, 0.4) is 0 Å². The molecular weight excluding hydrogens is 730 g/mol. The third kappa shape index (κ3) is 6.97. The van der Waals surface area contributed by atoms with E-state index in [-0.39, 0.29) is 37.0 Å². The lowest BCUT2D eigenvalue weighted by atomic mass is 9.46. The van der Waals surface area contributed by atoms with E-state index in [0.717, 1.165) is 0 Å². The quantitative estimate of drug-likeness (QED) is 0.150. The Labute approximate surface area is 331 Å². The van der Waals surface area contributed by atoms with E-state index in [4.69, 9.17) is 18.9 Å². The second-order valence-electron chi connectivity index (χ2n) is 16.5. The van der Waals surface area contributed by atoms with Crippen molar-refractivity contribution in [3.63, 3.8) is 0 Å². The molecule has 12 nitrogen and oxygen atoms in total. The highest BCUT2D eigenvalue weighted by Crippen LogP contribution is 2.62. The van der Waals surface area contributed by atoms with Crippen molar-refractivity contribution in [3.8, 4) is 0 Å². The van der Waals surface area contributed by atoms with Gasteiger partial charge >= 0.3 is 17.9 Å². The molecular formula is C45H49NO11. The Bertz CT molecular complexity index is 2070. The van der Waals surface area contributed by atoms with Gasteiger partial charge in [-0.05, 0) is 54.8 Å². The predicted octanol–water partition coefficient (Wildman–Crippen LogP) is 5.08. The maximum Gasteiger partial charge on any atom is 0.338 e. The number of amides is 1. The molecule has 0 aromatic heterocycles. The average Bonchev–Trinajstić information content (AvgIpc) is 3.18. The lowest BCUT2D eigenvalue weighted by Gasteiger charge is -2.64. The number of hydrogen-bond donors (Lipinski definition) is 3. The summed E-state index contributed by atoms with van der Waals surface area (Å²) in [4.78, 5) is 69.5. The first kappa shape index (κ1) is 40.0. The van der Waals surface area contributed by atoms with Crippen LogP contribution in [0, 0.1) is 22.7 Å². The zero-order valence-corrected chi connectivity index (χ0v) is 32.7. The van der Waals surface area contributed by atoms with Gasteiger partial charge in [0.25, 0.3) is 5.91 Å². The van der Waals surface area contributed by atoms with Crippen molar-refractivity contribution in [1.29, 1.82) is 0 Å². The van der Waals surface area contributed by atoms with Crippen LogP contribution in [0.1, 0.15) is 86.2 Å². The van der Waals surface area contributed by atoms with E-state index in [9.17, 15) is 29.4 Å². The minimum Gasteiger partial charge on any atom is -0.458 e. The molecule has 3 fully saturated rings. The van der Waals surface area contributed by atoms with Crippen LogP contribution in [0.5, 0.6) is 0 Å². The number of fused-ring (bicyclic) bond motifs is 5. The molecule has 4 aliphatic rings. The van der Waals surface area contributed by atoms with Gasteiger partial charge in [-0.25, -0.2) is 4.79 Å². The number of aliphatic hydroxyl groups is 2. The van der Waals surface area contributed by atoms with Crippen molar-refractivity contribution < 1.29 is 53.1 Å². The number of ether oxygens (including phenoxy) is 4. The van der Waals surface area contributed by atoms with E-state index in [2.05, 4.69) is 5.32 Å². The lowest BCUT2D eigenvalue weighted by Crippen LogP contribution is -2.75. The van der Waals surface area contributed by atoms with Crippen LogP contribution < -0.4 is 5.32 Å². The van der Waals surface area contributed by atoms with Crippen molar-refractivity contribution in [2.24, 2.45) is 22.7 Å². The first-order valence-electron chi connectivity index (χ1n) is 19.4. The summed E-state index contributed by atoms with van der Waals surface area (Å²) in [6.45, 7) is 7.97. The number of rotatable bonds is 9. The second-order valence-corrected chi connectivity index (χ2v) is 16.5. The Balaban J connectivity index is 1.32. The zero-order chi connectivity index (χ0) is 40.9. The van der Waals surface area contributed by atoms with Crippen LogP contribution in [0.2, 0.25) is 0 Å². The molecule has 1 saturated heterocycles. The molecule has 1 aliphatic heterocycles. The summed E-state index contributed by atoms with van der Waals surface area (Å²) in [5.41, 5.74) is -3.36. The molecule has 0 spiro atoms. The summed E-state index contributed by atoms with van der Waals surface area (Å²) < 4.78 is 24.4. The largest absolute Gasteiger partial charge is 0.458 e. The van der Waals surface area contributed by atoms with Crippen LogP contribution in [-0.2, 0) is 33.3 Å². The molecule has 1 heterocycles. The highest BCUT2D eigenvalue weighted by atomic mass is 16.6. The Kier molecular flexibility index (Phi) is 10.7. The fraction of sp³-hybridized carbons (Fsp3) is 0.444. The molecule has 1 amide bonds. The monoisotopic (exact) mass is 779 g/mol. The van der Waals surface area contributed by atoms with Gasteiger partial charge in [0, 0.05) is 42.6 Å². The van der Waals surface area contributed by atoms with E-state index < -0.39 is 94.4 Å². The maximum atomic E-state index is 15.2. The van der Waals surface area contributed by atoms with Crippen LogP contribution in [0.25, 0.3) is 0 Å².